The second-order valence-electron chi connectivity index (χ2n) is 3.98. The molecule has 1 aliphatic heterocycles. The van der Waals surface area contributed by atoms with E-state index in [0.717, 1.165) is 11.3 Å². The van der Waals surface area contributed by atoms with Crippen LogP contribution in [0.2, 0.25) is 0 Å². The van der Waals surface area contributed by atoms with E-state index >= 15 is 0 Å². The molecule has 2 heterocycles. The number of rotatable bonds is 3. The fourth-order valence-electron chi connectivity index (χ4n) is 1.59. The Morgan fingerprint density at radius 1 is 1.53 bits per heavy atom. The van der Waals surface area contributed by atoms with Gasteiger partial charge < -0.3 is 30.1 Å². The van der Waals surface area contributed by atoms with Gasteiger partial charge >= 0.3 is 5.97 Å². The van der Waals surface area contributed by atoms with Crippen LogP contribution in [0.5, 0.6) is 0 Å². The predicted octanol–water partition coefficient (Wildman–Crippen LogP) is -1.22. The number of thiazole rings is 1. The molecule has 4 N–H and O–H groups in total. The van der Waals surface area contributed by atoms with Crippen LogP contribution in [0.25, 0.3) is 0 Å². The molecular formula is C10H14N2O6S. The first-order valence-corrected chi connectivity index (χ1v) is 6.37. The summed E-state index contributed by atoms with van der Waals surface area (Å²) in [5, 5.41) is 33.1. The van der Waals surface area contributed by atoms with Crippen LogP contribution >= 0.6 is 11.3 Å². The number of aromatic nitrogens is 1. The maximum atomic E-state index is 11.2. The average Bonchev–Trinajstić information content (AvgIpc) is 2.87. The number of esters is 1. The largest absolute Gasteiger partial charge is 0.464 e. The quantitative estimate of drug-likeness (QED) is 0.511. The van der Waals surface area contributed by atoms with Gasteiger partial charge in [0.15, 0.2) is 17.1 Å². The van der Waals surface area contributed by atoms with E-state index in [9.17, 15) is 20.1 Å². The highest BCUT2D eigenvalue weighted by molar-refractivity contribution is 7.13. The van der Waals surface area contributed by atoms with E-state index in [1.807, 2.05) is 0 Å². The van der Waals surface area contributed by atoms with Crippen molar-refractivity contribution >= 4 is 22.4 Å². The Bertz CT molecular complexity index is 453. The molecule has 0 bridgehead atoms. The van der Waals surface area contributed by atoms with Crippen LogP contribution in [0.15, 0.2) is 5.38 Å². The monoisotopic (exact) mass is 290 g/mol. The van der Waals surface area contributed by atoms with Crippen molar-refractivity contribution in [3.63, 3.8) is 0 Å². The van der Waals surface area contributed by atoms with Crippen molar-refractivity contribution < 1.29 is 29.6 Å². The minimum absolute atomic E-state index is 0.106. The van der Waals surface area contributed by atoms with Crippen molar-refractivity contribution in [3.05, 3.63) is 11.1 Å². The van der Waals surface area contributed by atoms with Crippen molar-refractivity contribution in [1.82, 2.24) is 4.98 Å². The number of anilines is 1. The van der Waals surface area contributed by atoms with Crippen LogP contribution < -0.4 is 5.32 Å². The lowest BCUT2D eigenvalue weighted by atomic mass is 10.0. The summed E-state index contributed by atoms with van der Waals surface area (Å²) >= 11 is 1.13. The van der Waals surface area contributed by atoms with E-state index in [1.54, 1.807) is 0 Å². The molecular weight excluding hydrogens is 276 g/mol. The number of aliphatic hydroxyl groups is 3. The molecule has 0 radical (unpaired) electrons. The van der Waals surface area contributed by atoms with E-state index in [1.165, 1.54) is 12.5 Å². The molecule has 1 fully saturated rings. The van der Waals surface area contributed by atoms with E-state index in [-0.39, 0.29) is 12.3 Å². The minimum Gasteiger partial charge on any atom is -0.464 e. The number of nitrogens with zero attached hydrogens (tertiary/aromatic N) is 1. The van der Waals surface area contributed by atoms with E-state index < -0.39 is 30.5 Å². The summed E-state index contributed by atoms with van der Waals surface area (Å²) in [6, 6.07) is 0. The Balaban J connectivity index is 2.01. The van der Waals surface area contributed by atoms with Gasteiger partial charge in [-0.15, -0.1) is 11.3 Å². The Kier molecular flexibility index (Phi) is 4.32. The van der Waals surface area contributed by atoms with Gasteiger partial charge in [0.2, 0.25) is 0 Å². The van der Waals surface area contributed by atoms with Crippen molar-refractivity contribution in [3.8, 4) is 0 Å². The molecule has 8 nitrogen and oxygen atoms in total. The standard InChI is InChI=1S/C10H14N2O6S/c1-17-9(16)4-3-19-10(11-4)12-8-7(15)6(14)5(13)2-18-8/h3,5-8,13-15H,2H2,1H3,(H,11,12)/t5-,6-,7-,8-/m1/s1. The molecule has 0 spiro atoms. The molecule has 1 aliphatic rings. The third-order valence-corrected chi connectivity index (χ3v) is 3.44. The lowest BCUT2D eigenvalue weighted by Crippen LogP contribution is -2.55. The molecule has 9 heteroatoms. The first kappa shape index (κ1) is 14.2. The summed E-state index contributed by atoms with van der Waals surface area (Å²) in [5.74, 6) is -0.565. The Hall–Kier alpha value is -1.26. The number of methoxy groups -OCH3 is 1. The molecule has 0 saturated carbocycles. The predicted molar refractivity (Wildman–Crippen MR) is 64.8 cm³/mol. The fraction of sp³-hybridized carbons (Fsp3) is 0.600. The van der Waals surface area contributed by atoms with Gasteiger partial charge in [0.05, 0.1) is 13.7 Å². The van der Waals surface area contributed by atoms with E-state index in [4.69, 9.17) is 4.74 Å². The summed E-state index contributed by atoms with van der Waals surface area (Å²) in [6.07, 6.45) is -4.63. The summed E-state index contributed by atoms with van der Waals surface area (Å²) < 4.78 is 9.67. The molecule has 1 aromatic rings. The van der Waals surface area contributed by atoms with Gasteiger partial charge in [-0.25, -0.2) is 9.78 Å². The van der Waals surface area contributed by atoms with Crippen LogP contribution in [-0.4, -0.2) is 64.5 Å². The summed E-state index contributed by atoms with van der Waals surface area (Å²) in [5.41, 5.74) is 0.140. The van der Waals surface area contributed by atoms with Crippen molar-refractivity contribution in [2.24, 2.45) is 0 Å². The van der Waals surface area contributed by atoms with Gasteiger partial charge in [-0.2, -0.15) is 0 Å². The molecule has 19 heavy (non-hydrogen) atoms. The molecule has 0 aliphatic carbocycles. The third kappa shape index (κ3) is 3.01. The van der Waals surface area contributed by atoms with Crippen molar-refractivity contribution in [2.45, 2.75) is 24.5 Å². The number of hydrogen-bond donors (Lipinski definition) is 4. The average molecular weight is 290 g/mol. The molecule has 1 aromatic heterocycles. The summed E-state index contributed by atoms with van der Waals surface area (Å²) in [7, 11) is 1.25. The summed E-state index contributed by atoms with van der Waals surface area (Å²) in [4.78, 5) is 15.2. The lowest BCUT2D eigenvalue weighted by Gasteiger charge is -2.35. The van der Waals surface area contributed by atoms with Crippen LogP contribution in [0.3, 0.4) is 0 Å². The SMILES string of the molecule is COC(=O)c1csc(N[C@@H]2OC[C@@H](O)[C@@H](O)[C@H]2O)n1. The smallest absolute Gasteiger partial charge is 0.357 e. The minimum atomic E-state index is -1.30. The highest BCUT2D eigenvalue weighted by atomic mass is 32.1. The zero-order valence-corrected chi connectivity index (χ0v) is 10.8. The van der Waals surface area contributed by atoms with Crippen molar-refractivity contribution in [2.75, 3.05) is 19.0 Å². The first-order valence-electron chi connectivity index (χ1n) is 5.49. The zero-order chi connectivity index (χ0) is 14.0. The zero-order valence-electron chi connectivity index (χ0n) is 10.0. The van der Waals surface area contributed by atoms with E-state index in [2.05, 4.69) is 15.0 Å². The van der Waals surface area contributed by atoms with Gasteiger partial charge in [-0.3, -0.25) is 0 Å². The Morgan fingerprint density at radius 3 is 2.95 bits per heavy atom. The number of carbonyl (C=O) groups is 1. The van der Waals surface area contributed by atoms with Gasteiger partial charge in [-0.1, -0.05) is 0 Å². The second kappa shape index (κ2) is 5.80. The van der Waals surface area contributed by atoms with Crippen molar-refractivity contribution in [1.29, 1.82) is 0 Å². The number of nitrogens with one attached hydrogen (secondary N) is 1. The number of ether oxygens (including phenoxy) is 2. The molecule has 106 valence electrons. The van der Waals surface area contributed by atoms with Crippen LogP contribution in [0, 0.1) is 0 Å². The first-order chi connectivity index (χ1) is 9.02. The van der Waals surface area contributed by atoms with Crippen LogP contribution in [0.4, 0.5) is 5.13 Å². The highest BCUT2D eigenvalue weighted by Gasteiger charge is 2.37. The normalized spacial score (nSPS) is 30.9. The van der Waals surface area contributed by atoms with Gasteiger partial charge in [0.1, 0.15) is 18.3 Å². The maximum Gasteiger partial charge on any atom is 0.357 e. The topological polar surface area (TPSA) is 121 Å². The number of aliphatic hydroxyl groups excluding tert-OH is 3. The Labute approximate surface area is 112 Å². The Morgan fingerprint density at radius 2 is 2.26 bits per heavy atom. The molecule has 0 unspecified atom stereocenters. The summed E-state index contributed by atoms with van der Waals surface area (Å²) in [6.45, 7) is -0.106. The second-order valence-corrected chi connectivity index (χ2v) is 4.83. The molecule has 2 rings (SSSR count). The lowest BCUT2D eigenvalue weighted by molar-refractivity contribution is -0.178. The number of hydrogen-bond acceptors (Lipinski definition) is 9. The molecule has 1 saturated heterocycles. The third-order valence-electron chi connectivity index (χ3n) is 2.67. The van der Waals surface area contributed by atoms with Gasteiger partial charge in [0, 0.05) is 5.38 Å². The molecule has 4 atom stereocenters. The fourth-order valence-corrected chi connectivity index (χ4v) is 2.30. The van der Waals surface area contributed by atoms with Crippen LogP contribution in [-0.2, 0) is 9.47 Å². The van der Waals surface area contributed by atoms with Crippen LogP contribution in [0.1, 0.15) is 10.5 Å². The molecule has 0 aromatic carbocycles. The van der Waals surface area contributed by atoms with Gasteiger partial charge in [0.25, 0.3) is 0 Å². The maximum absolute atomic E-state index is 11.2. The highest BCUT2D eigenvalue weighted by Crippen LogP contribution is 2.21. The van der Waals surface area contributed by atoms with Gasteiger partial charge in [-0.05, 0) is 0 Å². The van der Waals surface area contributed by atoms with E-state index in [0.29, 0.717) is 5.13 Å². The molecule has 0 amide bonds. The number of carbonyl (C=O) groups excluding carboxylic acids is 1.